The molecule has 0 spiro atoms. The Bertz CT molecular complexity index is 694. The molecule has 0 aromatic rings. The molecule has 0 saturated carbocycles. The Balaban J connectivity index is 3.13. The highest BCUT2D eigenvalue weighted by atomic mass is 16.8. The van der Waals surface area contributed by atoms with Crippen molar-refractivity contribution in [1.29, 1.82) is 0 Å². The molecule has 0 aromatic carbocycles. The summed E-state index contributed by atoms with van der Waals surface area (Å²) < 4.78 is 27.7. The van der Waals surface area contributed by atoms with E-state index in [1.807, 2.05) is 27.7 Å². The number of esters is 4. The topological polar surface area (TPSA) is 121 Å². The van der Waals surface area contributed by atoms with Gasteiger partial charge in [-0.3, -0.25) is 29.0 Å². The van der Waals surface area contributed by atoms with Crippen LogP contribution in [0, 0.1) is 11.8 Å². The van der Waals surface area contributed by atoms with Gasteiger partial charge in [0.1, 0.15) is 12.7 Å². The molecule has 0 aromatic heterocycles. The molecular weight excluding hydrogens is 448 g/mol. The molecule has 0 bridgehead atoms. The molecule has 0 radical (unpaired) electrons. The van der Waals surface area contributed by atoms with Gasteiger partial charge in [0.15, 0.2) is 6.10 Å². The van der Waals surface area contributed by atoms with Crippen LogP contribution < -0.4 is 0 Å². The third-order valence-corrected chi connectivity index (χ3v) is 4.50. The van der Waals surface area contributed by atoms with Crippen molar-refractivity contribution in [3.05, 3.63) is 0 Å². The molecule has 34 heavy (non-hydrogen) atoms. The molecule has 0 N–H and O–H groups in total. The third-order valence-electron chi connectivity index (χ3n) is 4.50. The van der Waals surface area contributed by atoms with Crippen LogP contribution in [-0.4, -0.2) is 106 Å². The second-order valence-corrected chi connectivity index (χ2v) is 9.80. The summed E-state index contributed by atoms with van der Waals surface area (Å²) >= 11 is 0. The molecule has 1 fully saturated rings. The zero-order valence-electron chi connectivity index (χ0n) is 21.6. The Morgan fingerprint density at radius 2 is 1.18 bits per heavy atom. The molecule has 1 saturated heterocycles. The average molecular weight is 489 g/mol. The maximum Gasteiger partial charge on any atom is 0.322 e. The standard InChI is InChI=1S/C23H40N2O9/c1-14(2)9-17(26)32-21-16(13-30-19(28)11-24(5)6)31-23(34-20(29)12-25(7)8)22(21)33-18(27)10-15(3)4/h14-16,21-23H,9-13H2,1-8H3/t16-,21-,22-,23+/m1/s1. The van der Waals surface area contributed by atoms with E-state index in [-0.39, 0.29) is 44.4 Å². The first-order chi connectivity index (χ1) is 15.8. The van der Waals surface area contributed by atoms with Gasteiger partial charge in [0.25, 0.3) is 0 Å². The fourth-order valence-electron chi connectivity index (χ4n) is 3.16. The zero-order valence-corrected chi connectivity index (χ0v) is 21.6. The Kier molecular flexibility index (Phi) is 12.5. The van der Waals surface area contributed by atoms with Gasteiger partial charge in [-0.15, -0.1) is 0 Å². The zero-order chi connectivity index (χ0) is 26.0. The summed E-state index contributed by atoms with van der Waals surface area (Å²) in [7, 11) is 6.82. The Morgan fingerprint density at radius 1 is 0.706 bits per heavy atom. The van der Waals surface area contributed by atoms with Gasteiger partial charge in [0.05, 0.1) is 13.1 Å². The highest BCUT2D eigenvalue weighted by Gasteiger charge is 2.52. The fourth-order valence-corrected chi connectivity index (χ4v) is 3.16. The SMILES string of the molecule is CC(C)CC(=O)O[C@H]1[C@H](OC(=O)CN(C)C)O[C@H](COC(=O)CN(C)C)[C@H]1OC(=O)CC(C)C. The number of ether oxygens (including phenoxy) is 5. The van der Waals surface area contributed by atoms with E-state index in [0.717, 1.165) is 0 Å². The molecule has 0 unspecified atom stereocenters. The van der Waals surface area contributed by atoms with E-state index in [0.29, 0.717) is 0 Å². The van der Waals surface area contributed by atoms with E-state index < -0.39 is 48.5 Å². The summed E-state index contributed by atoms with van der Waals surface area (Å²) in [4.78, 5) is 52.5. The van der Waals surface area contributed by atoms with Crippen LogP contribution in [0.25, 0.3) is 0 Å². The summed E-state index contributed by atoms with van der Waals surface area (Å²) in [5, 5.41) is 0. The van der Waals surface area contributed by atoms with Gasteiger partial charge in [0, 0.05) is 12.8 Å². The molecular formula is C23H40N2O9. The minimum Gasteiger partial charge on any atom is -0.462 e. The van der Waals surface area contributed by atoms with Crippen molar-refractivity contribution in [2.75, 3.05) is 47.9 Å². The van der Waals surface area contributed by atoms with Crippen molar-refractivity contribution in [3.8, 4) is 0 Å². The highest BCUT2D eigenvalue weighted by molar-refractivity contribution is 5.73. The van der Waals surface area contributed by atoms with Crippen molar-refractivity contribution >= 4 is 23.9 Å². The number of hydrogen-bond acceptors (Lipinski definition) is 11. The largest absolute Gasteiger partial charge is 0.462 e. The maximum atomic E-state index is 12.5. The van der Waals surface area contributed by atoms with Crippen LogP contribution in [0.1, 0.15) is 40.5 Å². The number of rotatable bonds is 13. The molecule has 0 amide bonds. The van der Waals surface area contributed by atoms with Gasteiger partial charge < -0.3 is 23.7 Å². The summed E-state index contributed by atoms with van der Waals surface area (Å²) in [5.74, 6) is -2.15. The van der Waals surface area contributed by atoms with Gasteiger partial charge in [-0.1, -0.05) is 27.7 Å². The first-order valence-electron chi connectivity index (χ1n) is 11.5. The Morgan fingerprint density at radius 3 is 1.65 bits per heavy atom. The average Bonchev–Trinajstić information content (AvgIpc) is 2.93. The second-order valence-electron chi connectivity index (χ2n) is 9.80. The summed E-state index contributed by atoms with van der Waals surface area (Å²) in [5.41, 5.74) is 0. The third kappa shape index (κ3) is 11.3. The van der Waals surface area contributed by atoms with Crippen molar-refractivity contribution in [2.24, 2.45) is 11.8 Å². The summed E-state index contributed by atoms with van der Waals surface area (Å²) in [6, 6.07) is 0. The Labute approximate surface area is 201 Å². The van der Waals surface area contributed by atoms with E-state index in [9.17, 15) is 19.2 Å². The van der Waals surface area contributed by atoms with Crippen molar-refractivity contribution in [3.63, 3.8) is 0 Å². The minimum absolute atomic E-state index is 0.0225. The molecule has 1 heterocycles. The second kappa shape index (κ2) is 14.2. The van der Waals surface area contributed by atoms with Crippen LogP contribution in [0.4, 0.5) is 0 Å². The van der Waals surface area contributed by atoms with Gasteiger partial charge in [-0.05, 0) is 40.0 Å². The quantitative estimate of drug-likeness (QED) is 0.271. The molecule has 196 valence electrons. The van der Waals surface area contributed by atoms with Crippen LogP contribution in [0.3, 0.4) is 0 Å². The first-order valence-corrected chi connectivity index (χ1v) is 11.5. The van der Waals surface area contributed by atoms with E-state index in [1.54, 1.807) is 38.0 Å². The monoisotopic (exact) mass is 488 g/mol. The van der Waals surface area contributed by atoms with E-state index in [1.165, 1.54) is 0 Å². The molecule has 0 aliphatic carbocycles. The van der Waals surface area contributed by atoms with Crippen LogP contribution in [0.15, 0.2) is 0 Å². The predicted octanol–water partition coefficient (Wildman–Crippen LogP) is 0.837. The van der Waals surface area contributed by atoms with Gasteiger partial charge in [0.2, 0.25) is 12.4 Å². The van der Waals surface area contributed by atoms with Crippen LogP contribution in [0.5, 0.6) is 0 Å². The first kappa shape index (κ1) is 29.8. The normalized spacial score (nSPS) is 22.4. The van der Waals surface area contributed by atoms with Gasteiger partial charge in [-0.25, -0.2) is 0 Å². The van der Waals surface area contributed by atoms with Gasteiger partial charge >= 0.3 is 23.9 Å². The molecule has 4 atom stereocenters. The van der Waals surface area contributed by atoms with Crippen LogP contribution in [-0.2, 0) is 42.9 Å². The van der Waals surface area contributed by atoms with Crippen LogP contribution in [0.2, 0.25) is 0 Å². The van der Waals surface area contributed by atoms with Crippen molar-refractivity contribution in [1.82, 2.24) is 9.80 Å². The number of nitrogens with zero attached hydrogens (tertiary/aromatic N) is 2. The smallest absolute Gasteiger partial charge is 0.322 e. The lowest BCUT2D eigenvalue weighted by atomic mass is 10.1. The van der Waals surface area contributed by atoms with Crippen LogP contribution >= 0.6 is 0 Å². The lowest BCUT2D eigenvalue weighted by Gasteiger charge is -2.25. The lowest BCUT2D eigenvalue weighted by Crippen LogP contribution is -2.43. The van der Waals surface area contributed by atoms with E-state index in [2.05, 4.69) is 0 Å². The highest BCUT2D eigenvalue weighted by Crippen LogP contribution is 2.29. The predicted molar refractivity (Wildman–Crippen MR) is 121 cm³/mol. The van der Waals surface area contributed by atoms with Crippen molar-refractivity contribution in [2.45, 2.75) is 65.1 Å². The minimum atomic E-state index is -1.32. The number of likely N-dealkylation sites (N-methyl/N-ethyl adjacent to an activating group) is 2. The molecule has 1 aliphatic rings. The molecule has 11 nitrogen and oxygen atoms in total. The molecule has 1 rings (SSSR count). The summed E-state index contributed by atoms with van der Waals surface area (Å²) in [6.07, 6.45) is -4.39. The molecule has 1 aliphatic heterocycles. The summed E-state index contributed by atoms with van der Waals surface area (Å²) in [6.45, 7) is 7.16. The van der Waals surface area contributed by atoms with E-state index in [4.69, 9.17) is 23.7 Å². The van der Waals surface area contributed by atoms with E-state index >= 15 is 0 Å². The number of hydrogen-bond donors (Lipinski definition) is 0. The number of carbonyl (C=O) groups is 4. The number of carbonyl (C=O) groups excluding carboxylic acids is 4. The fraction of sp³-hybridized carbons (Fsp3) is 0.826. The molecule has 11 heteroatoms. The lowest BCUT2D eigenvalue weighted by molar-refractivity contribution is -0.200. The Hall–Kier alpha value is -2.24. The van der Waals surface area contributed by atoms with Crippen molar-refractivity contribution < 1.29 is 42.9 Å². The van der Waals surface area contributed by atoms with Gasteiger partial charge in [-0.2, -0.15) is 0 Å². The maximum absolute atomic E-state index is 12.5.